The third-order valence-corrected chi connectivity index (χ3v) is 5.60. The van der Waals surface area contributed by atoms with Crippen LogP contribution in [-0.2, 0) is 38.1 Å². The van der Waals surface area contributed by atoms with E-state index in [2.05, 4.69) is 10.6 Å². The Balaban J connectivity index is 1.69. The number of carbonyl (C=O) groups is 3. The summed E-state index contributed by atoms with van der Waals surface area (Å²) in [6, 6.07) is -0.793. The number of hydrogen-bond donors (Lipinski definition) is 3. The molecule has 0 aliphatic carbocycles. The lowest BCUT2D eigenvalue weighted by Gasteiger charge is -2.39. The molecular weight excluding hydrogens is 436 g/mol. The molecule has 2 heterocycles. The Hall–Kier alpha value is -1.79. The van der Waals surface area contributed by atoms with Crippen molar-refractivity contribution in [3.63, 3.8) is 0 Å². The van der Waals surface area contributed by atoms with Crippen LogP contribution in [0.25, 0.3) is 0 Å². The predicted octanol–water partition coefficient (Wildman–Crippen LogP) is 0.372. The van der Waals surface area contributed by atoms with Gasteiger partial charge >= 0.3 is 5.97 Å². The molecule has 3 N–H and O–H groups in total. The quantitative estimate of drug-likeness (QED) is 0.302. The fourth-order valence-electron chi connectivity index (χ4n) is 4.12. The zero-order valence-electron chi connectivity index (χ0n) is 20.1. The fraction of sp³-hybridized carbons (Fsp3) is 0.864. The number of nitrogens with one attached hydrogen (secondary N) is 2. The molecule has 0 bridgehead atoms. The van der Waals surface area contributed by atoms with Crippen LogP contribution in [0.4, 0.5) is 0 Å². The van der Waals surface area contributed by atoms with E-state index >= 15 is 0 Å². The van der Waals surface area contributed by atoms with Gasteiger partial charge in [-0.1, -0.05) is 0 Å². The molecule has 0 spiro atoms. The molecule has 2 aliphatic rings. The minimum absolute atomic E-state index is 0.205. The van der Waals surface area contributed by atoms with Crippen LogP contribution in [-0.4, -0.2) is 85.2 Å². The summed E-state index contributed by atoms with van der Waals surface area (Å²) in [5.74, 6) is -0.850. The zero-order valence-corrected chi connectivity index (χ0v) is 20.1. The van der Waals surface area contributed by atoms with Crippen LogP contribution in [0.15, 0.2) is 0 Å². The minimum atomic E-state index is -0.776. The van der Waals surface area contributed by atoms with E-state index in [9.17, 15) is 19.5 Å². The Morgan fingerprint density at radius 1 is 0.848 bits per heavy atom. The van der Waals surface area contributed by atoms with Crippen LogP contribution in [0.5, 0.6) is 0 Å². The Morgan fingerprint density at radius 3 is 1.85 bits per heavy atom. The van der Waals surface area contributed by atoms with Gasteiger partial charge in [0.25, 0.3) is 0 Å². The van der Waals surface area contributed by atoms with Crippen LogP contribution in [0.1, 0.15) is 60.3 Å². The molecule has 2 rings (SSSR count). The predicted molar refractivity (Wildman–Crippen MR) is 116 cm³/mol. The summed E-state index contributed by atoms with van der Waals surface area (Å²) in [7, 11) is 0. The number of unbranched alkanes of at least 4 members (excludes halogenated alkanes) is 1. The van der Waals surface area contributed by atoms with E-state index in [1.165, 1.54) is 20.8 Å². The van der Waals surface area contributed by atoms with Crippen molar-refractivity contribution in [1.82, 2.24) is 10.6 Å². The van der Waals surface area contributed by atoms with Crippen LogP contribution in [0.3, 0.4) is 0 Å². The summed E-state index contributed by atoms with van der Waals surface area (Å²) < 4.78 is 28.4. The molecule has 11 heteroatoms. The maximum atomic E-state index is 11.5. The number of esters is 1. The standard InChI is InChI=1S/C22H38N2O9/c1-12-21(28)17(23-14(3)25)10-19(31-12)29-8-6-7-9-30-20-11-18(24-15(4)26)22(13(2)32-20)33-16(5)27/h12-13,17-22,28H,6-11H2,1-5H3,(H,23,25)(H,24,26)/t12-,13-,17-,18-,19+,20+,21+,22+/m0/s1. The number of amides is 2. The Labute approximate surface area is 194 Å². The molecule has 0 unspecified atom stereocenters. The highest BCUT2D eigenvalue weighted by Gasteiger charge is 2.40. The largest absolute Gasteiger partial charge is 0.458 e. The summed E-state index contributed by atoms with van der Waals surface area (Å²) in [5, 5.41) is 15.7. The molecule has 0 saturated carbocycles. The molecule has 33 heavy (non-hydrogen) atoms. The number of ether oxygens (including phenoxy) is 5. The van der Waals surface area contributed by atoms with Crippen LogP contribution >= 0.6 is 0 Å². The molecule has 0 radical (unpaired) electrons. The van der Waals surface area contributed by atoms with E-state index in [1.807, 2.05) is 0 Å². The topological polar surface area (TPSA) is 142 Å². The summed E-state index contributed by atoms with van der Waals surface area (Å²) in [5.41, 5.74) is 0. The number of aliphatic hydroxyl groups excluding tert-OH is 1. The molecule has 2 fully saturated rings. The summed E-state index contributed by atoms with van der Waals surface area (Å²) in [4.78, 5) is 34.2. The lowest BCUT2D eigenvalue weighted by molar-refractivity contribution is -0.234. The lowest BCUT2D eigenvalue weighted by atomic mass is 9.99. The molecule has 2 amide bonds. The summed E-state index contributed by atoms with van der Waals surface area (Å²) in [6.45, 7) is 8.54. The summed E-state index contributed by atoms with van der Waals surface area (Å²) in [6.07, 6.45) is -1.05. The van der Waals surface area contributed by atoms with Crippen molar-refractivity contribution >= 4 is 17.8 Å². The maximum Gasteiger partial charge on any atom is 0.303 e. The number of aliphatic hydroxyl groups is 1. The van der Waals surface area contributed by atoms with Gasteiger partial charge in [0.1, 0.15) is 12.2 Å². The summed E-state index contributed by atoms with van der Waals surface area (Å²) >= 11 is 0. The van der Waals surface area contributed by atoms with E-state index in [0.717, 1.165) is 6.42 Å². The van der Waals surface area contributed by atoms with Crippen molar-refractivity contribution in [2.45, 2.75) is 109 Å². The van der Waals surface area contributed by atoms with E-state index in [0.29, 0.717) is 32.5 Å². The maximum absolute atomic E-state index is 11.5. The van der Waals surface area contributed by atoms with E-state index in [-0.39, 0.29) is 17.9 Å². The van der Waals surface area contributed by atoms with Gasteiger partial charge < -0.3 is 39.4 Å². The molecule has 2 saturated heterocycles. The molecule has 11 nitrogen and oxygen atoms in total. The van der Waals surface area contributed by atoms with Gasteiger partial charge in [-0.25, -0.2) is 0 Å². The molecule has 2 aliphatic heterocycles. The van der Waals surface area contributed by atoms with Gasteiger partial charge in [0.15, 0.2) is 12.6 Å². The van der Waals surface area contributed by atoms with Gasteiger partial charge in [-0.3, -0.25) is 14.4 Å². The Bertz CT molecular complexity index is 662. The third kappa shape index (κ3) is 9.17. The molecular formula is C22H38N2O9. The minimum Gasteiger partial charge on any atom is -0.458 e. The van der Waals surface area contributed by atoms with Crippen molar-refractivity contribution < 1.29 is 43.2 Å². The second-order valence-electron chi connectivity index (χ2n) is 8.64. The number of rotatable bonds is 10. The Kier molecular flexibility index (Phi) is 11.0. The zero-order chi connectivity index (χ0) is 24.5. The van der Waals surface area contributed by atoms with Crippen molar-refractivity contribution in [2.24, 2.45) is 0 Å². The third-order valence-electron chi connectivity index (χ3n) is 5.60. The van der Waals surface area contributed by atoms with E-state index in [4.69, 9.17) is 23.7 Å². The average Bonchev–Trinajstić information content (AvgIpc) is 2.70. The molecule has 0 aromatic heterocycles. The molecule has 0 aromatic rings. The Morgan fingerprint density at radius 2 is 1.33 bits per heavy atom. The van der Waals surface area contributed by atoms with E-state index in [1.54, 1.807) is 13.8 Å². The highest BCUT2D eigenvalue weighted by molar-refractivity contribution is 5.73. The molecule has 0 aromatic carbocycles. The van der Waals surface area contributed by atoms with Crippen molar-refractivity contribution in [3.8, 4) is 0 Å². The first-order chi connectivity index (χ1) is 15.6. The van der Waals surface area contributed by atoms with Gasteiger partial charge in [0, 0.05) is 46.8 Å². The van der Waals surface area contributed by atoms with Crippen LogP contribution in [0.2, 0.25) is 0 Å². The van der Waals surface area contributed by atoms with Gasteiger partial charge in [-0.15, -0.1) is 0 Å². The highest BCUT2D eigenvalue weighted by Crippen LogP contribution is 2.24. The average molecular weight is 475 g/mol. The first-order valence-electron chi connectivity index (χ1n) is 11.5. The molecule has 8 atom stereocenters. The van der Waals surface area contributed by atoms with Crippen molar-refractivity contribution in [1.29, 1.82) is 0 Å². The first kappa shape index (κ1) is 27.5. The smallest absolute Gasteiger partial charge is 0.303 e. The van der Waals surface area contributed by atoms with Crippen LogP contribution < -0.4 is 10.6 Å². The van der Waals surface area contributed by atoms with Crippen molar-refractivity contribution in [3.05, 3.63) is 0 Å². The number of carbonyl (C=O) groups excluding carboxylic acids is 3. The monoisotopic (exact) mass is 474 g/mol. The fourth-order valence-corrected chi connectivity index (χ4v) is 4.12. The second-order valence-corrected chi connectivity index (χ2v) is 8.64. The second kappa shape index (κ2) is 13.2. The normalized spacial score (nSPS) is 34.4. The lowest BCUT2D eigenvalue weighted by Crippen LogP contribution is -2.56. The van der Waals surface area contributed by atoms with Gasteiger partial charge in [0.2, 0.25) is 11.8 Å². The van der Waals surface area contributed by atoms with Gasteiger partial charge in [-0.2, -0.15) is 0 Å². The highest BCUT2D eigenvalue weighted by atomic mass is 16.7. The van der Waals surface area contributed by atoms with Crippen LogP contribution in [0, 0.1) is 0 Å². The van der Waals surface area contributed by atoms with Gasteiger partial charge in [0.05, 0.1) is 24.3 Å². The van der Waals surface area contributed by atoms with Gasteiger partial charge in [-0.05, 0) is 26.7 Å². The van der Waals surface area contributed by atoms with E-state index < -0.39 is 49.0 Å². The molecule has 190 valence electrons. The van der Waals surface area contributed by atoms with Crippen molar-refractivity contribution in [2.75, 3.05) is 13.2 Å². The first-order valence-corrected chi connectivity index (χ1v) is 11.5. The SMILES string of the molecule is CC(=O)N[C@H]1C[C@H](OCCCCO[C@H]2C[C@H](NC(C)=O)[C@H](OC(C)=O)[C@H](C)O2)O[C@@H](C)[C@H]1O. The number of hydrogen-bond acceptors (Lipinski definition) is 9.